The van der Waals surface area contributed by atoms with Gasteiger partial charge < -0.3 is 0 Å². The molecule has 2 heteroatoms. The Morgan fingerprint density at radius 3 is 3.14 bits per heavy atom. The summed E-state index contributed by atoms with van der Waals surface area (Å²) < 4.78 is 0. The van der Waals surface area contributed by atoms with E-state index in [1.54, 1.807) is 0 Å². The zero-order valence-electron chi connectivity index (χ0n) is 8.25. The lowest BCUT2D eigenvalue weighted by Gasteiger charge is -1.99. The van der Waals surface area contributed by atoms with Crippen LogP contribution in [-0.4, -0.2) is 10.2 Å². The molecule has 0 amide bonds. The van der Waals surface area contributed by atoms with Gasteiger partial charge in [-0.25, -0.2) is 0 Å². The molecule has 1 radical (unpaired) electrons. The van der Waals surface area contributed by atoms with Crippen LogP contribution in [0.3, 0.4) is 0 Å². The lowest BCUT2D eigenvalue weighted by molar-refractivity contribution is 0.868. The van der Waals surface area contributed by atoms with Gasteiger partial charge in [0, 0.05) is 11.8 Å². The number of benzene rings is 1. The second-order valence-electron chi connectivity index (χ2n) is 3.29. The molecule has 0 aliphatic carbocycles. The van der Waals surface area contributed by atoms with Crippen LogP contribution in [0, 0.1) is 6.07 Å². The first kappa shape index (κ1) is 9.00. The fraction of sp³-hybridized carbons (Fsp3) is 0.250. The third kappa shape index (κ3) is 1.69. The summed E-state index contributed by atoms with van der Waals surface area (Å²) in [6.07, 6.45) is 4.09. The Labute approximate surface area is 84.0 Å². The Morgan fingerprint density at radius 2 is 2.43 bits per heavy atom. The minimum absolute atomic E-state index is 1.02. The van der Waals surface area contributed by atoms with Crippen LogP contribution in [0.2, 0.25) is 0 Å². The van der Waals surface area contributed by atoms with Crippen molar-refractivity contribution in [2.45, 2.75) is 19.8 Å². The van der Waals surface area contributed by atoms with Gasteiger partial charge in [-0.1, -0.05) is 31.5 Å². The summed E-state index contributed by atoms with van der Waals surface area (Å²) in [4.78, 5) is 0. The fourth-order valence-electron chi connectivity index (χ4n) is 1.56. The largest absolute Gasteiger partial charge is 0.285 e. The maximum atomic E-state index is 4.24. The van der Waals surface area contributed by atoms with Crippen LogP contribution in [0.5, 0.6) is 0 Å². The standard InChI is InChI=1S/C12H13N2/c1-2-6-12-11(9-13-14-12)10-7-4-3-5-8-10/h3-4,7-9H,2,6H2,1H3,(H,13,14). The van der Waals surface area contributed by atoms with Crippen molar-refractivity contribution < 1.29 is 0 Å². The number of aromatic amines is 1. The molecule has 0 bridgehead atoms. The molecule has 0 fully saturated rings. The van der Waals surface area contributed by atoms with E-state index in [0.29, 0.717) is 0 Å². The van der Waals surface area contributed by atoms with Crippen LogP contribution in [0.15, 0.2) is 30.5 Å². The highest BCUT2D eigenvalue weighted by atomic mass is 15.1. The zero-order chi connectivity index (χ0) is 9.80. The van der Waals surface area contributed by atoms with Gasteiger partial charge in [-0.3, -0.25) is 5.10 Å². The number of hydrogen-bond acceptors (Lipinski definition) is 1. The topological polar surface area (TPSA) is 28.7 Å². The van der Waals surface area contributed by atoms with E-state index in [1.807, 2.05) is 24.4 Å². The SMILES string of the molecule is CCCc1n[nH]cc1-c1c[c]ccc1. The smallest absolute Gasteiger partial charge is 0.0700 e. The van der Waals surface area contributed by atoms with E-state index in [9.17, 15) is 0 Å². The van der Waals surface area contributed by atoms with Gasteiger partial charge in [-0.2, -0.15) is 5.10 Å². The van der Waals surface area contributed by atoms with Crippen molar-refractivity contribution in [1.82, 2.24) is 10.2 Å². The van der Waals surface area contributed by atoms with Crippen molar-refractivity contribution >= 4 is 0 Å². The Morgan fingerprint density at radius 1 is 1.50 bits per heavy atom. The molecule has 0 spiro atoms. The Kier molecular flexibility index (Phi) is 2.63. The Bertz CT molecular complexity index is 390. The molecule has 2 aromatic rings. The minimum atomic E-state index is 1.02. The van der Waals surface area contributed by atoms with Gasteiger partial charge in [0.25, 0.3) is 0 Å². The van der Waals surface area contributed by atoms with Gasteiger partial charge in [-0.05, 0) is 24.1 Å². The van der Waals surface area contributed by atoms with Crippen LogP contribution < -0.4 is 0 Å². The molecule has 71 valence electrons. The molecule has 0 saturated heterocycles. The molecular formula is C12H13N2. The summed E-state index contributed by atoms with van der Waals surface area (Å²) in [7, 11) is 0. The molecule has 0 aliphatic rings. The number of nitrogens with one attached hydrogen (secondary N) is 1. The van der Waals surface area contributed by atoms with E-state index in [1.165, 1.54) is 11.1 Å². The van der Waals surface area contributed by atoms with E-state index in [4.69, 9.17) is 0 Å². The highest BCUT2D eigenvalue weighted by molar-refractivity contribution is 5.64. The lowest BCUT2D eigenvalue weighted by Crippen LogP contribution is -1.86. The summed E-state index contributed by atoms with van der Waals surface area (Å²) in [5, 5.41) is 7.16. The molecule has 0 aliphatic heterocycles. The highest BCUT2D eigenvalue weighted by Crippen LogP contribution is 2.21. The number of nitrogens with zero attached hydrogens (tertiary/aromatic N) is 1. The van der Waals surface area contributed by atoms with Crippen molar-refractivity contribution in [2.75, 3.05) is 0 Å². The van der Waals surface area contributed by atoms with Crippen molar-refractivity contribution in [3.8, 4) is 11.1 Å². The quantitative estimate of drug-likeness (QED) is 0.782. The first-order valence-corrected chi connectivity index (χ1v) is 4.91. The summed E-state index contributed by atoms with van der Waals surface area (Å²) in [6, 6.07) is 11.1. The van der Waals surface area contributed by atoms with Crippen molar-refractivity contribution in [3.63, 3.8) is 0 Å². The third-order valence-corrected chi connectivity index (χ3v) is 2.22. The van der Waals surface area contributed by atoms with Crippen LogP contribution in [0.4, 0.5) is 0 Å². The Balaban J connectivity index is 2.37. The first-order valence-electron chi connectivity index (χ1n) is 4.91. The monoisotopic (exact) mass is 185 g/mol. The summed E-state index contributed by atoms with van der Waals surface area (Å²) in [6.45, 7) is 2.16. The number of aryl methyl sites for hydroxylation is 1. The van der Waals surface area contributed by atoms with E-state index >= 15 is 0 Å². The fourth-order valence-corrected chi connectivity index (χ4v) is 1.56. The molecule has 0 unspecified atom stereocenters. The highest BCUT2D eigenvalue weighted by Gasteiger charge is 2.05. The number of rotatable bonds is 3. The first-order chi connectivity index (χ1) is 6.92. The molecule has 1 N–H and O–H groups in total. The second kappa shape index (κ2) is 4.09. The van der Waals surface area contributed by atoms with Gasteiger partial charge in [0.1, 0.15) is 0 Å². The van der Waals surface area contributed by atoms with Crippen molar-refractivity contribution in [3.05, 3.63) is 42.2 Å². The van der Waals surface area contributed by atoms with Gasteiger partial charge in [-0.15, -0.1) is 0 Å². The van der Waals surface area contributed by atoms with E-state index < -0.39 is 0 Å². The average molecular weight is 185 g/mol. The third-order valence-electron chi connectivity index (χ3n) is 2.22. The van der Waals surface area contributed by atoms with Crippen molar-refractivity contribution in [2.24, 2.45) is 0 Å². The molecule has 1 aromatic heterocycles. The minimum Gasteiger partial charge on any atom is -0.285 e. The number of aromatic nitrogens is 2. The zero-order valence-corrected chi connectivity index (χ0v) is 8.25. The van der Waals surface area contributed by atoms with Gasteiger partial charge in [0.05, 0.1) is 5.69 Å². The van der Waals surface area contributed by atoms with Crippen LogP contribution in [0.1, 0.15) is 19.0 Å². The molecule has 2 nitrogen and oxygen atoms in total. The number of hydrogen-bond donors (Lipinski definition) is 1. The molecule has 1 heterocycles. The normalized spacial score (nSPS) is 10.4. The van der Waals surface area contributed by atoms with Crippen molar-refractivity contribution in [1.29, 1.82) is 0 Å². The number of H-pyrrole nitrogens is 1. The van der Waals surface area contributed by atoms with E-state index in [-0.39, 0.29) is 0 Å². The predicted octanol–water partition coefficient (Wildman–Crippen LogP) is 2.83. The van der Waals surface area contributed by atoms with Gasteiger partial charge in [0.15, 0.2) is 0 Å². The van der Waals surface area contributed by atoms with Gasteiger partial charge in [0.2, 0.25) is 0 Å². The molecule has 2 rings (SSSR count). The summed E-state index contributed by atoms with van der Waals surface area (Å²) >= 11 is 0. The molecule has 14 heavy (non-hydrogen) atoms. The van der Waals surface area contributed by atoms with E-state index in [2.05, 4.69) is 29.3 Å². The summed E-state index contributed by atoms with van der Waals surface area (Å²) in [5.74, 6) is 0. The maximum Gasteiger partial charge on any atom is 0.0700 e. The molecule has 0 saturated carbocycles. The van der Waals surface area contributed by atoms with Crippen LogP contribution in [0.25, 0.3) is 11.1 Å². The predicted molar refractivity (Wildman–Crippen MR) is 56.9 cm³/mol. The van der Waals surface area contributed by atoms with Gasteiger partial charge >= 0.3 is 0 Å². The maximum absolute atomic E-state index is 4.24. The lowest BCUT2D eigenvalue weighted by atomic mass is 10.0. The van der Waals surface area contributed by atoms with Crippen LogP contribution in [-0.2, 0) is 6.42 Å². The summed E-state index contributed by atoms with van der Waals surface area (Å²) in [5.41, 5.74) is 3.53. The average Bonchev–Trinajstić information content (AvgIpc) is 2.68. The molecular weight excluding hydrogens is 172 g/mol. The molecule has 1 aromatic carbocycles. The van der Waals surface area contributed by atoms with E-state index in [0.717, 1.165) is 18.5 Å². The van der Waals surface area contributed by atoms with Crippen LogP contribution >= 0.6 is 0 Å². The molecule has 0 atom stereocenters. The second-order valence-corrected chi connectivity index (χ2v) is 3.29. The Hall–Kier alpha value is -1.57.